The van der Waals surface area contributed by atoms with E-state index in [-0.39, 0.29) is 25.2 Å². The zero-order chi connectivity index (χ0) is 15.9. The molecule has 0 aliphatic carbocycles. The van der Waals surface area contributed by atoms with Crippen LogP contribution in [0.2, 0.25) is 0 Å². The van der Waals surface area contributed by atoms with E-state index in [0.717, 1.165) is 11.0 Å². The molecule has 2 N–H and O–H groups in total. The topological polar surface area (TPSA) is 52.6 Å². The Morgan fingerprint density at radius 3 is 2.57 bits per heavy atom. The minimum absolute atomic E-state index is 0.152. The first kappa shape index (κ1) is 17.4. The molecule has 1 rings (SSSR count). The molecule has 0 unspecified atom stereocenters. The molecule has 0 bridgehead atoms. The van der Waals surface area contributed by atoms with Gasteiger partial charge in [0.05, 0.1) is 13.2 Å². The first-order valence-corrected chi connectivity index (χ1v) is 6.25. The molecular weight excluding hydrogens is 292 g/mol. The van der Waals surface area contributed by atoms with Crippen LogP contribution < -0.4 is 5.32 Å². The van der Waals surface area contributed by atoms with Crippen LogP contribution in [0.5, 0.6) is 0 Å². The van der Waals surface area contributed by atoms with Crippen molar-refractivity contribution in [3.63, 3.8) is 0 Å². The quantitative estimate of drug-likeness (QED) is 0.758. The van der Waals surface area contributed by atoms with E-state index >= 15 is 0 Å². The lowest BCUT2D eigenvalue weighted by Crippen LogP contribution is -2.38. The number of nitrogens with zero attached hydrogens (tertiary/aromatic N) is 1. The third kappa shape index (κ3) is 7.62. The van der Waals surface area contributed by atoms with E-state index in [2.05, 4.69) is 5.32 Å². The van der Waals surface area contributed by atoms with E-state index in [9.17, 15) is 22.4 Å². The van der Waals surface area contributed by atoms with E-state index in [4.69, 9.17) is 5.11 Å². The zero-order valence-corrected chi connectivity index (χ0v) is 11.2. The lowest BCUT2D eigenvalue weighted by molar-refractivity contribution is -0.147. The monoisotopic (exact) mass is 308 g/mol. The number of aliphatic hydroxyl groups is 1. The minimum Gasteiger partial charge on any atom is -0.395 e. The van der Waals surface area contributed by atoms with E-state index in [1.807, 2.05) is 0 Å². The predicted octanol–water partition coefficient (Wildman–Crippen LogP) is 2.01. The number of halogens is 4. The second kappa shape index (κ2) is 7.94. The highest BCUT2D eigenvalue weighted by Gasteiger charge is 2.30. The zero-order valence-electron chi connectivity index (χ0n) is 11.2. The molecule has 21 heavy (non-hydrogen) atoms. The molecule has 118 valence electrons. The Kier molecular flexibility index (Phi) is 6.57. The highest BCUT2D eigenvalue weighted by atomic mass is 19.4. The summed E-state index contributed by atoms with van der Waals surface area (Å²) < 4.78 is 49.7. The van der Waals surface area contributed by atoms with Crippen LogP contribution in [0.25, 0.3) is 0 Å². The maximum atomic E-state index is 12.9. The molecule has 0 aliphatic heterocycles. The van der Waals surface area contributed by atoms with Crippen LogP contribution in [0, 0.1) is 5.82 Å². The third-order valence-corrected chi connectivity index (χ3v) is 2.58. The van der Waals surface area contributed by atoms with Crippen molar-refractivity contribution in [3.05, 3.63) is 30.1 Å². The third-order valence-electron chi connectivity index (χ3n) is 2.58. The van der Waals surface area contributed by atoms with Crippen LogP contribution in [0.4, 0.5) is 23.2 Å². The van der Waals surface area contributed by atoms with Crippen LogP contribution in [0.1, 0.15) is 6.42 Å². The van der Waals surface area contributed by atoms with E-state index in [0.29, 0.717) is 0 Å². The van der Waals surface area contributed by atoms with Crippen LogP contribution in [0.15, 0.2) is 24.3 Å². The summed E-state index contributed by atoms with van der Waals surface area (Å²) in [5.74, 6) is -1.04. The van der Waals surface area contributed by atoms with Gasteiger partial charge in [-0.3, -0.25) is 9.69 Å². The molecule has 0 spiro atoms. The number of carbonyl (C=O) groups excluding carboxylic acids is 1. The van der Waals surface area contributed by atoms with Crippen molar-refractivity contribution in [1.29, 1.82) is 0 Å². The normalized spacial score (nSPS) is 11.7. The molecule has 0 heterocycles. The van der Waals surface area contributed by atoms with Crippen molar-refractivity contribution >= 4 is 11.6 Å². The molecule has 4 nitrogen and oxygen atoms in total. The van der Waals surface area contributed by atoms with Crippen molar-refractivity contribution in [2.45, 2.75) is 12.6 Å². The molecule has 8 heteroatoms. The smallest absolute Gasteiger partial charge is 0.395 e. The fraction of sp³-hybridized carbons (Fsp3) is 0.462. The minimum atomic E-state index is -4.39. The Labute approximate surface area is 119 Å². The van der Waals surface area contributed by atoms with Crippen LogP contribution >= 0.6 is 0 Å². The van der Waals surface area contributed by atoms with Gasteiger partial charge in [0, 0.05) is 25.2 Å². The molecule has 1 aromatic carbocycles. The van der Waals surface area contributed by atoms with Crippen LogP contribution in [-0.2, 0) is 4.79 Å². The molecule has 0 radical (unpaired) electrons. The molecular formula is C13H16F4N2O2. The van der Waals surface area contributed by atoms with Gasteiger partial charge in [-0.05, 0) is 18.2 Å². The number of nitrogens with one attached hydrogen (secondary N) is 1. The van der Waals surface area contributed by atoms with Gasteiger partial charge in [-0.15, -0.1) is 0 Å². The van der Waals surface area contributed by atoms with E-state index < -0.39 is 31.1 Å². The van der Waals surface area contributed by atoms with Crippen molar-refractivity contribution in [2.75, 3.05) is 31.6 Å². The number of hydrogen-bond acceptors (Lipinski definition) is 3. The van der Waals surface area contributed by atoms with Gasteiger partial charge >= 0.3 is 6.18 Å². The summed E-state index contributed by atoms with van der Waals surface area (Å²) in [5, 5.41) is 11.1. The van der Waals surface area contributed by atoms with Gasteiger partial charge in [0.2, 0.25) is 5.91 Å². The number of carbonyl (C=O) groups is 1. The number of amides is 1. The number of hydrogen-bond donors (Lipinski definition) is 2. The Hall–Kier alpha value is -1.67. The van der Waals surface area contributed by atoms with Gasteiger partial charge in [0.15, 0.2) is 0 Å². The lowest BCUT2D eigenvalue weighted by Gasteiger charge is -2.22. The molecule has 0 fully saturated rings. The first-order valence-electron chi connectivity index (χ1n) is 6.25. The highest BCUT2D eigenvalue weighted by Crippen LogP contribution is 2.16. The summed E-state index contributed by atoms with van der Waals surface area (Å²) in [6.07, 6.45) is -4.58. The van der Waals surface area contributed by atoms with Gasteiger partial charge in [0.25, 0.3) is 0 Å². The van der Waals surface area contributed by atoms with Gasteiger partial charge in [0.1, 0.15) is 5.82 Å². The number of benzene rings is 1. The summed E-state index contributed by atoms with van der Waals surface area (Å²) in [4.78, 5) is 12.5. The van der Waals surface area contributed by atoms with Crippen LogP contribution in [-0.4, -0.2) is 48.3 Å². The maximum Gasteiger partial charge on any atom is 0.401 e. The van der Waals surface area contributed by atoms with Gasteiger partial charge in [-0.25, -0.2) is 4.39 Å². The van der Waals surface area contributed by atoms with E-state index in [1.54, 1.807) is 0 Å². The lowest BCUT2D eigenvalue weighted by atomic mass is 10.3. The maximum absolute atomic E-state index is 12.9. The summed E-state index contributed by atoms with van der Waals surface area (Å²) >= 11 is 0. The second-order valence-corrected chi connectivity index (χ2v) is 4.42. The number of aliphatic hydroxyl groups excluding tert-OH is 1. The Balaban J connectivity index is 2.46. The first-order chi connectivity index (χ1) is 9.80. The molecule has 0 aliphatic rings. The molecule has 0 aromatic heterocycles. The second-order valence-electron chi connectivity index (χ2n) is 4.42. The SMILES string of the molecule is O=C(CCN(CCO)CC(F)(F)F)Nc1cccc(F)c1. The van der Waals surface area contributed by atoms with Gasteiger partial charge in [-0.2, -0.15) is 13.2 Å². The van der Waals surface area contributed by atoms with Crippen LogP contribution in [0.3, 0.4) is 0 Å². The Bertz CT molecular complexity index is 466. The standard InChI is InChI=1S/C13H16F4N2O2/c14-10-2-1-3-11(8-10)18-12(21)4-5-19(6-7-20)9-13(15,16)17/h1-3,8,20H,4-7,9H2,(H,18,21). The molecule has 0 saturated heterocycles. The fourth-order valence-corrected chi connectivity index (χ4v) is 1.71. The van der Waals surface area contributed by atoms with Crippen molar-refractivity contribution in [2.24, 2.45) is 0 Å². The largest absolute Gasteiger partial charge is 0.401 e. The Morgan fingerprint density at radius 1 is 1.29 bits per heavy atom. The number of alkyl halides is 3. The van der Waals surface area contributed by atoms with Gasteiger partial charge < -0.3 is 10.4 Å². The average molecular weight is 308 g/mol. The predicted molar refractivity (Wildman–Crippen MR) is 69.2 cm³/mol. The molecule has 0 atom stereocenters. The van der Waals surface area contributed by atoms with Gasteiger partial charge in [-0.1, -0.05) is 6.07 Å². The van der Waals surface area contributed by atoms with Crippen molar-refractivity contribution in [3.8, 4) is 0 Å². The van der Waals surface area contributed by atoms with Crippen molar-refractivity contribution in [1.82, 2.24) is 4.90 Å². The Morgan fingerprint density at radius 2 is 2.00 bits per heavy atom. The highest BCUT2D eigenvalue weighted by molar-refractivity contribution is 5.90. The fourth-order valence-electron chi connectivity index (χ4n) is 1.71. The summed E-state index contributed by atoms with van der Waals surface area (Å²) in [6, 6.07) is 5.20. The molecule has 1 amide bonds. The number of rotatable bonds is 7. The number of anilines is 1. The summed E-state index contributed by atoms with van der Waals surface area (Å²) in [7, 11) is 0. The average Bonchev–Trinajstić information content (AvgIpc) is 2.34. The summed E-state index contributed by atoms with van der Waals surface area (Å²) in [5.41, 5.74) is 0.240. The van der Waals surface area contributed by atoms with Crippen molar-refractivity contribution < 1.29 is 27.5 Å². The summed E-state index contributed by atoms with van der Waals surface area (Å²) in [6.45, 7) is -1.95. The molecule has 0 saturated carbocycles. The molecule has 1 aromatic rings. The van der Waals surface area contributed by atoms with E-state index in [1.165, 1.54) is 18.2 Å².